The van der Waals surface area contributed by atoms with Crippen molar-refractivity contribution in [3.8, 4) is 33.4 Å². The molecule has 0 unspecified atom stereocenters. The lowest BCUT2D eigenvalue weighted by molar-refractivity contribution is 0.677. The van der Waals surface area contributed by atoms with Crippen molar-refractivity contribution < 1.29 is 4.42 Å². The molecule has 0 spiro atoms. The number of hydrogen-bond donors (Lipinski definition) is 0. The molecule has 2 aromatic heterocycles. The van der Waals surface area contributed by atoms with Crippen LogP contribution in [0.5, 0.6) is 0 Å². The minimum atomic E-state index is 0.954. The van der Waals surface area contributed by atoms with Gasteiger partial charge in [-0.05, 0) is 95.3 Å². The fourth-order valence-corrected chi connectivity index (χ4v) is 10.2. The van der Waals surface area contributed by atoms with Crippen LogP contribution in [0, 0.1) is 0 Å². The van der Waals surface area contributed by atoms with E-state index in [1.54, 1.807) is 0 Å². The molecule has 0 N–H and O–H groups in total. The minimum Gasteiger partial charge on any atom is -0.454 e. The highest BCUT2D eigenvalue weighted by molar-refractivity contribution is 7.26. The Kier molecular flexibility index (Phi) is 6.28. The van der Waals surface area contributed by atoms with Gasteiger partial charge in [0.2, 0.25) is 0 Å². The van der Waals surface area contributed by atoms with E-state index in [-0.39, 0.29) is 0 Å². The van der Waals surface area contributed by atoms with E-state index in [4.69, 9.17) is 4.42 Å². The van der Waals surface area contributed by atoms with Crippen molar-refractivity contribution >= 4 is 96.5 Å². The summed E-state index contributed by atoms with van der Waals surface area (Å²) in [6, 6.07) is 66.7. The van der Waals surface area contributed by atoms with Crippen molar-refractivity contribution in [2.24, 2.45) is 0 Å². The van der Waals surface area contributed by atoms with Crippen LogP contribution in [-0.4, -0.2) is 0 Å². The van der Waals surface area contributed by atoms with E-state index in [0.29, 0.717) is 0 Å². The molecule has 0 saturated carbocycles. The Bertz CT molecular complexity index is 3430. The Balaban J connectivity index is 1.05. The molecule has 12 aromatic rings. The Hall–Kier alpha value is -6.74. The topological polar surface area (TPSA) is 13.1 Å². The normalized spacial score (nSPS) is 12.1. The summed E-state index contributed by atoms with van der Waals surface area (Å²) in [6.45, 7) is 0. The van der Waals surface area contributed by atoms with E-state index >= 15 is 0 Å². The lowest BCUT2D eigenvalue weighted by Gasteiger charge is -2.18. The Morgan fingerprint density at radius 3 is 1.56 bits per heavy atom. The fraction of sp³-hybridized carbons (Fsp3) is 0. The van der Waals surface area contributed by atoms with Crippen molar-refractivity contribution in [3.05, 3.63) is 182 Å². The number of thiophene rings is 1. The van der Waals surface area contributed by atoms with Gasteiger partial charge in [0.05, 0.1) is 4.70 Å². The molecular weight excluding hydrogens is 673 g/mol. The van der Waals surface area contributed by atoms with Crippen LogP contribution in [-0.2, 0) is 0 Å². The molecule has 0 saturated heterocycles. The zero-order chi connectivity index (χ0) is 35.3. The van der Waals surface area contributed by atoms with Gasteiger partial charge in [-0.1, -0.05) is 158 Å². The van der Waals surface area contributed by atoms with Crippen LogP contribution in [0.4, 0.5) is 0 Å². The SMILES string of the molecule is c1ccc2cc(-c3c4ccccc4c(-c4ccc(-c5cc6c7ccc8c9ccccc9sc8c7oc6c6ccccc56)cc4)c4ccccc34)ccc2c1. The van der Waals surface area contributed by atoms with Gasteiger partial charge >= 0.3 is 0 Å². The minimum absolute atomic E-state index is 0.954. The Labute approximate surface area is 314 Å². The monoisotopic (exact) mass is 702 g/mol. The highest BCUT2D eigenvalue weighted by Crippen LogP contribution is 2.47. The molecule has 0 fully saturated rings. The quantitative estimate of drug-likeness (QED) is 0.167. The van der Waals surface area contributed by atoms with Gasteiger partial charge < -0.3 is 4.42 Å². The summed E-state index contributed by atoms with van der Waals surface area (Å²) in [6.07, 6.45) is 0. The van der Waals surface area contributed by atoms with Gasteiger partial charge in [0.15, 0.2) is 5.58 Å². The summed E-state index contributed by atoms with van der Waals surface area (Å²) in [7, 11) is 0. The summed E-state index contributed by atoms with van der Waals surface area (Å²) >= 11 is 1.82. The van der Waals surface area contributed by atoms with Crippen LogP contribution in [0.2, 0.25) is 0 Å². The van der Waals surface area contributed by atoms with Crippen molar-refractivity contribution in [3.63, 3.8) is 0 Å². The zero-order valence-corrected chi connectivity index (χ0v) is 30.0. The molecular formula is C52H30OS. The number of furan rings is 1. The van der Waals surface area contributed by atoms with Crippen molar-refractivity contribution in [1.29, 1.82) is 0 Å². The number of hydrogen-bond acceptors (Lipinski definition) is 2. The second kappa shape index (κ2) is 11.4. The molecule has 10 aromatic carbocycles. The number of benzene rings is 10. The van der Waals surface area contributed by atoms with Crippen LogP contribution in [0.25, 0.3) is 119 Å². The van der Waals surface area contributed by atoms with Crippen LogP contribution in [0.1, 0.15) is 0 Å². The largest absolute Gasteiger partial charge is 0.454 e. The van der Waals surface area contributed by atoms with Gasteiger partial charge in [-0.3, -0.25) is 0 Å². The molecule has 0 radical (unpaired) electrons. The van der Waals surface area contributed by atoms with E-state index in [9.17, 15) is 0 Å². The maximum Gasteiger partial charge on any atom is 0.153 e. The van der Waals surface area contributed by atoms with Crippen LogP contribution in [0.15, 0.2) is 186 Å². The first kappa shape index (κ1) is 29.8. The first-order valence-electron chi connectivity index (χ1n) is 18.5. The molecule has 0 aliphatic heterocycles. The van der Waals surface area contributed by atoms with Crippen LogP contribution >= 0.6 is 11.3 Å². The molecule has 0 bridgehead atoms. The third-order valence-electron chi connectivity index (χ3n) is 11.4. The molecule has 12 rings (SSSR count). The van der Waals surface area contributed by atoms with Gasteiger partial charge in [0.1, 0.15) is 5.58 Å². The van der Waals surface area contributed by atoms with Gasteiger partial charge in [0.25, 0.3) is 0 Å². The molecule has 0 amide bonds. The first-order valence-corrected chi connectivity index (χ1v) is 19.3. The molecule has 0 atom stereocenters. The van der Waals surface area contributed by atoms with Gasteiger partial charge in [-0.15, -0.1) is 11.3 Å². The lowest BCUT2D eigenvalue weighted by Crippen LogP contribution is -1.91. The predicted octanol–water partition coefficient (Wildman–Crippen LogP) is 15.6. The third-order valence-corrected chi connectivity index (χ3v) is 12.6. The maximum absolute atomic E-state index is 6.83. The second-order valence-electron chi connectivity index (χ2n) is 14.3. The lowest BCUT2D eigenvalue weighted by atomic mass is 9.85. The average molecular weight is 703 g/mol. The average Bonchev–Trinajstić information content (AvgIpc) is 3.81. The van der Waals surface area contributed by atoms with Crippen molar-refractivity contribution in [2.75, 3.05) is 0 Å². The zero-order valence-electron chi connectivity index (χ0n) is 29.1. The van der Waals surface area contributed by atoms with Crippen molar-refractivity contribution in [1.82, 2.24) is 0 Å². The molecule has 2 heterocycles. The van der Waals surface area contributed by atoms with E-state index < -0.39 is 0 Å². The molecule has 2 heteroatoms. The van der Waals surface area contributed by atoms with Crippen LogP contribution in [0.3, 0.4) is 0 Å². The van der Waals surface area contributed by atoms with Gasteiger partial charge in [-0.2, -0.15) is 0 Å². The van der Waals surface area contributed by atoms with E-state index in [0.717, 1.165) is 27.3 Å². The standard InChI is InChI=1S/C52H30OS/c1-2-12-34-29-35(26-21-31(34)11-1)49-40-17-6-4-15-38(40)48(39-16-5-7-18-41(39)49)33-24-22-32(23-25-33)45-30-46-43-27-28-44-37-14-9-10-20-47(37)54-52(44)51(43)53-50(46)42-19-8-3-13-36(42)45/h1-30H. The molecule has 1 nitrogen and oxygen atoms in total. The van der Waals surface area contributed by atoms with E-state index in [2.05, 4.69) is 182 Å². The molecule has 0 aliphatic rings. The highest BCUT2D eigenvalue weighted by Gasteiger charge is 2.20. The maximum atomic E-state index is 6.83. The van der Waals surface area contributed by atoms with Crippen LogP contribution < -0.4 is 0 Å². The molecule has 54 heavy (non-hydrogen) atoms. The second-order valence-corrected chi connectivity index (χ2v) is 15.4. The van der Waals surface area contributed by atoms with E-state index in [1.165, 1.54) is 91.3 Å². The Morgan fingerprint density at radius 2 is 0.833 bits per heavy atom. The van der Waals surface area contributed by atoms with Crippen molar-refractivity contribution in [2.45, 2.75) is 0 Å². The first-order chi connectivity index (χ1) is 26.8. The third kappa shape index (κ3) is 4.26. The summed E-state index contributed by atoms with van der Waals surface area (Å²) in [5.41, 5.74) is 9.34. The fourth-order valence-electron chi connectivity index (χ4n) is 8.99. The summed E-state index contributed by atoms with van der Waals surface area (Å²) in [4.78, 5) is 0. The number of fused-ring (bicyclic) bond motifs is 12. The molecule has 250 valence electrons. The smallest absolute Gasteiger partial charge is 0.153 e. The summed E-state index contributed by atoms with van der Waals surface area (Å²) in [5, 5.41) is 14.8. The highest BCUT2D eigenvalue weighted by atomic mass is 32.1. The van der Waals surface area contributed by atoms with Gasteiger partial charge in [0, 0.05) is 31.6 Å². The Morgan fingerprint density at radius 1 is 0.315 bits per heavy atom. The number of rotatable bonds is 3. The van der Waals surface area contributed by atoms with E-state index in [1.807, 2.05) is 11.3 Å². The summed E-state index contributed by atoms with van der Waals surface area (Å²) < 4.78 is 9.33. The predicted molar refractivity (Wildman–Crippen MR) is 233 cm³/mol. The van der Waals surface area contributed by atoms with Gasteiger partial charge in [-0.25, -0.2) is 0 Å². The summed E-state index contributed by atoms with van der Waals surface area (Å²) in [5.74, 6) is 0. The molecule has 0 aliphatic carbocycles.